The van der Waals surface area contributed by atoms with Crippen LogP contribution in [0.2, 0.25) is 0 Å². The second kappa shape index (κ2) is 7.92. The molecule has 0 aliphatic rings. The lowest BCUT2D eigenvalue weighted by Crippen LogP contribution is -2.26. The number of hydrogen-bond acceptors (Lipinski definition) is 4. The number of carboxylic acids is 1. The van der Waals surface area contributed by atoms with Crippen LogP contribution in [0.5, 0.6) is 0 Å². The summed E-state index contributed by atoms with van der Waals surface area (Å²) in [6.45, 7) is 7.39. The molecule has 0 fully saturated rings. The molecule has 0 aliphatic heterocycles. The molecule has 22 heavy (non-hydrogen) atoms. The third-order valence-corrected chi connectivity index (χ3v) is 3.88. The number of carbonyl (C=O) groups is 2. The molecule has 122 valence electrons. The molecule has 0 amide bonds. The van der Waals surface area contributed by atoms with E-state index in [0.29, 0.717) is 0 Å². The average Bonchev–Trinajstić information content (AvgIpc) is 2.32. The molecule has 1 aromatic rings. The van der Waals surface area contributed by atoms with E-state index in [-0.39, 0.29) is 19.6 Å². The molecule has 1 aromatic carbocycles. The van der Waals surface area contributed by atoms with E-state index < -0.39 is 17.5 Å². The van der Waals surface area contributed by atoms with Gasteiger partial charge in [0.05, 0.1) is 13.0 Å². The van der Waals surface area contributed by atoms with Crippen LogP contribution in [0.3, 0.4) is 0 Å². The lowest BCUT2D eigenvalue weighted by atomic mass is 10.0. The quantitative estimate of drug-likeness (QED) is 0.566. The second-order valence-corrected chi connectivity index (χ2v) is 7.17. The van der Waals surface area contributed by atoms with E-state index in [2.05, 4.69) is 22.6 Å². The fourth-order valence-electron chi connectivity index (χ4n) is 1.85. The fraction of sp³-hybridized carbons (Fsp3) is 0.500. The van der Waals surface area contributed by atoms with Crippen molar-refractivity contribution >= 4 is 34.5 Å². The monoisotopic (exact) mass is 420 g/mol. The number of esters is 1. The number of hydrogen-bond donors (Lipinski definition) is 1. The molecule has 0 unspecified atom stereocenters. The summed E-state index contributed by atoms with van der Waals surface area (Å²) in [5, 5.41) is 8.94. The summed E-state index contributed by atoms with van der Waals surface area (Å²) in [5.74, 6) is -1.29. The predicted octanol–water partition coefficient (Wildman–Crippen LogP) is 3.09. The standard InChI is InChI=1S/C16H21IO5/c1-10-12(7-14(18)19)5-11(6-13(10)17)8-21-9-15(20)22-16(2,3)4/h5-6H,7-9H2,1-4H3,(H,18,19). The summed E-state index contributed by atoms with van der Waals surface area (Å²) in [5.41, 5.74) is 2.03. The Morgan fingerprint density at radius 1 is 1.27 bits per heavy atom. The van der Waals surface area contributed by atoms with Gasteiger partial charge in [0, 0.05) is 3.57 Å². The minimum atomic E-state index is -0.870. The van der Waals surface area contributed by atoms with Gasteiger partial charge in [0.1, 0.15) is 12.2 Å². The van der Waals surface area contributed by atoms with Crippen molar-refractivity contribution in [2.75, 3.05) is 6.61 Å². The molecule has 0 saturated carbocycles. The van der Waals surface area contributed by atoms with E-state index >= 15 is 0 Å². The van der Waals surface area contributed by atoms with E-state index in [0.717, 1.165) is 20.3 Å². The first-order valence-electron chi connectivity index (χ1n) is 6.88. The number of carbonyl (C=O) groups excluding carboxylic acids is 1. The Morgan fingerprint density at radius 2 is 1.91 bits per heavy atom. The average molecular weight is 420 g/mol. The predicted molar refractivity (Wildman–Crippen MR) is 90.7 cm³/mol. The van der Waals surface area contributed by atoms with Crippen molar-refractivity contribution in [1.29, 1.82) is 0 Å². The fourth-order valence-corrected chi connectivity index (χ4v) is 2.60. The largest absolute Gasteiger partial charge is 0.481 e. The Hall–Kier alpha value is -1.15. The molecule has 1 N–H and O–H groups in total. The molecule has 0 bridgehead atoms. The number of carboxylic acid groups (broad SMARTS) is 1. The number of benzene rings is 1. The summed E-state index contributed by atoms with van der Waals surface area (Å²) in [6, 6.07) is 3.73. The first kappa shape index (κ1) is 18.9. The first-order valence-corrected chi connectivity index (χ1v) is 7.95. The van der Waals surface area contributed by atoms with Gasteiger partial charge in [-0.05, 0) is 73.0 Å². The van der Waals surface area contributed by atoms with E-state index in [4.69, 9.17) is 14.6 Å². The molecular weight excluding hydrogens is 399 g/mol. The van der Waals surface area contributed by atoms with Gasteiger partial charge in [-0.15, -0.1) is 0 Å². The number of halogens is 1. The van der Waals surface area contributed by atoms with Gasteiger partial charge >= 0.3 is 11.9 Å². The summed E-state index contributed by atoms with van der Waals surface area (Å²) < 4.78 is 11.5. The van der Waals surface area contributed by atoms with E-state index in [1.54, 1.807) is 26.8 Å². The van der Waals surface area contributed by atoms with Gasteiger partial charge in [-0.25, -0.2) is 4.79 Å². The highest BCUT2D eigenvalue weighted by atomic mass is 127. The van der Waals surface area contributed by atoms with Crippen molar-refractivity contribution in [2.24, 2.45) is 0 Å². The normalized spacial score (nSPS) is 11.3. The van der Waals surface area contributed by atoms with E-state index in [9.17, 15) is 9.59 Å². The van der Waals surface area contributed by atoms with Crippen LogP contribution >= 0.6 is 22.6 Å². The minimum absolute atomic E-state index is 0.0261. The van der Waals surface area contributed by atoms with Crippen LogP contribution < -0.4 is 0 Å². The number of aliphatic carboxylic acids is 1. The molecule has 5 nitrogen and oxygen atoms in total. The molecule has 0 aromatic heterocycles. The van der Waals surface area contributed by atoms with Gasteiger partial charge in [-0.2, -0.15) is 0 Å². The van der Waals surface area contributed by atoms with Crippen LogP contribution in [0.25, 0.3) is 0 Å². The van der Waals surface area contributed by atoms with Crippen LogP contribution in [0.1, 0.15) is 37.5 Å². The van der Waals surface area contributed by atoms with Crippen LogP contribution in [0.15, 0.2) is 12.1 Å². The van der Waals surface area contributed by atoms with Crippen molar-refractivity contribution in [3.63, 3.8) is 0 Å². The van der Waals surface area contributed by atoms with Crippen molar-refractivity contribution in [1.82, 2.24) is 0 Å². The maximum Gasteiger partial charge on any atom is 0.332 e. The van der Waals surface area contributed by atoms with Gasteiger partial charge < -0.3 is 14.6 Å². The number of rotatable bonds is 6. The van der Waals surface area contributed by atoms with Gasteiger partial charge in [-0.1, -0.05) is 6.07 Å². The van der Waals surface area contributed by atoms with Crippen molar-refractivity contribution < 1.29 is 24.2 Å². The molecule has 0 radical (unpaired) electrons. The zero-order valence-electron chi connectivity index (χ0n) is 13.2. The highest BCUT2D eigenvalue weighted by Gasteiger charge is 2.16. The van der Waals surface area contributed by atoms with Crippen LogP contribution in [0.4, 0.5) is 0 Å². The van der Waals surface area contributed by atoms with Crippen LogP contribution in [-0.2, 0) is 32.1 Å². The molecule has 0 aliphatic carbocycles. The SMILES string of the molecule is Cc1c(I)cc(COCC(=O)OC(C)(C)C)cc1CC(=O)O. The second-order valence-electron chi connectivity index (χ2n) is 6.01. The molecule has 0 atom stereocenters. The molecule has 6 heteroatoms. The lowest BCUT2D eigenvalue weighted by molar-refractivity contribution is -0.160. The van der Waals surface area contributed by atoms with Gasteiger partial charge in [0.25, 0.3) is 0 Å². The van der Waals surface area contributed by atoms with E-state index in [1.807, 2.05) is 13.0 Å². The smallest absolute Gasteiger partial charge is 0.332 e. The van der Waals surface area contributed by atoms with Gasteiger partial charge in [0.15, 0.2) is 0 Å². The summed E-state index contributed by atoms with van der Waals surface area (Å²) in [7, 11) is 0. The molecular formula is C16H21IO5. The first-order chi connectivity index (χ1) is 10.1. The van der Waals surface area contributed by atoms with Gasteiger partial charge in [-0.3, -0.25) is 4.79 Å². The highest BCUT2D eigenvalue weighted by Crippen LogP contribution is 2.20. The Kier molecular flexibility index (Phi) is 6.80. The molecule has 0 saturated heterocycles. The zero-order chi connectivity index (χ0) is 16.9. The lowest BCUT2D eigenvalue weighted by Gasteiger charge is -2.19. The zero-order valence-corrected chi connectivity index (χ0v) is 15.4. The van der Waals surface area contributed by atoms with Crippen LogP contribution in [-0.4, -0.2) is 29.3 Å². The third-order valence-electron chi connectivity index (χ3n) is 2.76. The molecule has 0 heterocycles. The van der Waals surface area contributed by atoms with E-state index in [1.165, 1.54) is 0 Å². The Balaban J connectivity index is 2.65. The maximum absolute atomic E-state index is 11.6. The Labute approximate surface area is 144 Å². The van der Waals surface area contributed by atoms with Crippen molar-refractivity contribution in [2.45, 2.75) is 46.3 Å². The topological polar surface area (TPSA) is 72.8 Å². The van der Waals surface area contributed by atoms with Gasteiger partial charge in [0.2, 0.25) is 0 Å². The minimum Gasteiger partial charge on any atom is -0.481 e. The maximum atomic E-state index is 11.6. The summed E-state index contributed by atoms with van der Waals surface area (Å²) in [4.78, 5) is 22.4. The van der Waals surface area contributed by atoms with Crippen molar-refractivity contribution in [3.8, 4) is 0 Å². The molecule has 0 spiro atoms. The van der Waals surface area contributed by atoms with Crippen molar-refractivity contribution in [3.05, 3.63) is 32.4 Å². The Morgan fingerprint density at radius 3 is 2.45 bits per heavy atom. The third kappa shape index (κ3) is 6.74. The summed E-state index contributed by atoms with van der Waals surface area (Å²) in [6.07, 6.45) is -0.0261. The van der Waals surface area contributed by atoms with Crippen LogP contribution in [0, 0.1) is 10.5 Å². The Bertz CT molecular complexity index is 560. The number of ether oxygens (including phenoxy) is 2. The molecule has 1 rings (SSSR count). The highest BCUT2D eigenvalue weighted by molar-refractivity contribution is 14.1. The summed E-state index contributed by atoms with van der Waals surface area (Å²) >= 11 is 2.17.